The molecule has 0 aliphatic rings. The minimum Gasteiger partial charge on any atom is -0.372 e. The van der Waals surface area contributed by atoms with Crippen molar-refractivity contribution in [3.05, 3.63) is 0 Å². The van der Waals surface area contributed by atoms with Crippen molar-refractivity contribution in [2.24, 2.45) is 17.0 Å². The summed E-state index contributed by atoms with van der Waals surface area (Å²) in [4.78, 5) is 15.1. The number of hydrogen-bond donors (Lipinski definition) is 2. The summed E-state index contributed by atoms with van der Waals surface area (Å²) >= 11 is 0. The number of rotatable bonds is 1. The van der Waals surface area contributed by atoms with E-state index in [-0.39, 0.29) is 5.41 Å². The summed E-state index contributed by atoms with van der Waals surface area (Å²) in [5, 5.41) is 0. The first-order chi connectivity index (χ1) is 4.73. The van der Waals surface area contributed by atoms with Gasteiger partial charge in [0, 0.05) is 0 Å². The largest absolute Gasteiger partial charge is 0.372 e. The average Bonchev–Trinajstić information content (AvgIpc) is 1.83. The SMILES string of the molecule is CC(C)(C)C(C)(N)C(=O)ON. The van der Waals surface area contributed by atoms with Gasteiger partial charge in [-0.05, 0) is 12.3 Å². The molecule has 4 nitrogen and oxygen atoms in total. The molecule has 11 heavy (non-hydrogen) atoms. The zero-order chi connectivity index (χ0) is 9.28. The molecule has 0 aromatic rings. The Kier molecular flexibility index (Phi) is 2.64. The van der Waals surface area contributed by atoms with Gasteiger partial charge < -0.3 is 10.6 Å². The van der Waals surface area contributed by atoms with Crippen molar-refractivity contribution >= 4 is 5.97 Å². The minimum atomic E-state index is -1.04. The highest BCUT2D eigenvalue weighted by Crippen LogP contribution is 2.28. The van der Waals surface area contributed by atoms with E-state index in [9.17, 15) is 4.79 Å². The zero-order valence-electron chi connectivity index (χ0n) is 7.47. The summed E-state index contributed by atoms with van der Waals surface area (Å²) in [6.07, 6.45) is 0. The van der Waals surface area contributed by atoms with Crippen LogP contribution in [0.25, 0.3) is 0 Å². The van der Waals surface area contributed by atoms with E-state index in [1.165, 1.54) is 0 Å². The molecule has 66 valence electrons. The predicted molar refractivity (Wildman–Crippen MR) is 42.3 cm³/mol. The van der Waals surface area contributed by atoms with Gasteiger partial charge in [-0.25, -0.2) is 4.79 Å². The molecule has 0 aromatic heterocycles. The molecule has 0 aliphatic heterocycles. The molecule has 0 bridgehead atoms. The first-order valence-corrected chi connectivity index (χ1v) is 3.43. The number of hydrogen-bond acceptors (Lipinski definition) is 4. The third kappa shape index (κ3) is 1.91. The average molecular weight is 160 g/mol. The molecule has 4 N–H and O–H groups in total. The van der Waals surface area contributed by atoms with Gasteiger partial charge in [0.2, 0.25) is 0 Å². The Morgan fingerprint density at radius 1 is 1.27 bits per heavy atom. The van der Waals surface area contributed by atoms with Crippen LogP contribution in [0, 0.1) is 5.41 Å². The first kappa shape index (κ1) is 10.4. The van der Waals surface area contributed by atoms with Crippen molar-refractivity contribution in [2.75, 3.05) is 0 Å². The summed E-state index contributed by atoms with van der Waals surface area (Å²) in [7, 11) is 0. The highest BCUT2D eigenvalue weighted by Gasteiger charge is 2.41. The van der Waals surface area contributed by atoms with E-state index in [2.05, 4.69) is 4.84 Å². The molecular weight excluding hydrogens is 144 g/mol. The van der Waals surface area contributed by atoms with Crippen LogP contribution in [0.3, 0.4) is 0 Å². The van der Waals surface area contributed by atoms with E-state index in [0.29, 0.717) is 0 Å². The lowest BCUT2D eigenvalue weighted by Crippen LogP contribution is -2.56. The van der Waals surface area contributed by atoms with Crippen molar-refractivity contribution in [2.45, 2.75) is 33.2 Å². The third-order valence-corrected chi connectivity index (χ3v) is 2.09. The van der Waals surface area contributed by atoms with E-state index < -0.39 is 11.5 Å². The van der Waals surface area contributed by atoms with Crippen LogP contribution < -0.4 is 11.6 Å². The fourth-order valence-corrected chi connectivity index (χ4v) is 0.429. The Bertz CT molecular complexity index is 158. The van der Waals surface area contributed by atoms with Crippen molar-refractivity contribution in [1.29, 1.82) is 0 Å². The molecular formula is C7H16N2O2. The summed E-state index contributed by atoms with van der Waals surface area (Å²) in [6.45, 7) is 7.15. The molecule has 0 aromatic carbocycles. The third-order valence-electron chi connectivity index (χ3n) is 2.09. The Labute approximate surface area is 66.8 Å². The maximum Gasteiger partial charge on any atom is 0.344 e. The minimum absolute atomic E-state index is 0.358. The van der Waals surface area contributed by atoms with Crippen LogP contribution in [0.15, 0.2) is 0 Å². The van der Waals surface area contributed by atoms with Crippen LogP contribution in [0.5, 0.6) is 0 Å². The van der Waals surface area contributed by atoms with E-state index in [4.69, 9.17) is 11.6 Å². The second kappa shape index (κ2) is 2.79. The first-order valence-electron chi connectivity index (χ1n) is 3.43. The topological polar surface area (TPSA) is 78.3 Å². The van der Waals surface area contributed by atoms with Gasteiger partial charge in [-0.1, -0.05) is 20.8 Å². The summed E-state index contributed by atoms with van der Waals surface area (Å²) in [6, 6.07) is 0. The monoisotopic (exact) mass is 160 g/mol. The van der Waals surface area contributed by atoms with E-state index >= 15 is 0 Å². The van der Waals surface area contributed by atoms with Gasteiger partial charge in [0.25, 0.3) is 0 Å². The van der Waals surface area contributed by atoms with E-state index in [1.807, 2.05) is 20.8 Å². The normalized spacial score (nSPS) is 17.3. The Morgan fingerprint density at radius 2 is 1.64 bits per heavy atom. The van der Waals surface area contributed by atoms with Crippen LogP contribution in [-0.4, -0.2) is 11.5 Å². The number of carbonyl (C=O) groups excluding carboxylic acids is 1. The molecule has 0 fully saturated rings. The molecule has 4 heteroatoms. The molecule has 0 saturated carbocycles. The Hall–Kier alpha value is -0.610. The maximum atomic E-state index is 11.0. The van der Waals surface area contributed by atoms with Gasteiger partial charge >= 0.3 is 5.97 Å². The lowest BCUT2D eigenvalue weighted by atomic mass is 9.76. The van der Waals surface area contributed by atoms with Gasteiger partial charge in [-0.2, -0.15) is 5.90 Å². The van der Waals surface area contributed by atoms with Gasteiger partial charge in [0.1, 0.15) is 5.54 Å². The van der Waals surface area contributed by atoms with Crippen LogP contribution in [0.4, 0.5) is 0 Å². The number of nitrogens with two attached hydrogens (primary N) is 2. The number of carbonyl (C=O) groups is 1. The molecule has 0 rings (SSSR count). The van der Waals surface area contributed by atoms with Gasteiger partial charge in [-0.15, -0.1) is 0 Å². The van der Waals surface area contributed by atoms with Crippen LogP contribution in [0.1, 0.15) is 27.7 Å². The van der Waals surface area contributed by atoms with E-state index in [1.54, 1.807) is 6.92 Å². The molecule has 0 aliphatic carbocycles. The Balaban J connectivity index is 4.59. The van der Waals surface area contributed by atoms with Gasteiger partial charge in [0.05, 0.1) is 0 Å². The fourth-order valence-electron chi connectivity index (χ4n) is 0.429. The standard InChI is InChI=1S/C7H16N2O2/c1-6(2,3)7(4,8)5(10)11-9/h8-9H2,1-4H3. The molecule has 0 amide bonds. The highest BCUT2D eigenvalue weighted by atomic mass is 16.7. The second-order valence-electron chi connectivity index (χ2n) is 3.86. The maximum absolute atomic E-state index is 11.0. The lowest BCUT2D eigenvalue weighted by Gasteiger charge is -2.34. The van der Waals surface area contributed by atoms with Crippen LogP contribution in [0.2, 0.25) is 0 Å². The molecule has 0 saturated heterocycles. The fraction of sp³-hybridized carbons (Fsp3) is 0.857. The van der Waals surface area contributed by atoms with Crippen molar-refractivity contribution in [3.63, 3.8) is 0 Å². The van der Waals surface area contributed by atoms with Gasteiger partial charge in [0.15, 0.2) is 0 Å². The molecule has 1 atom stereocenters. The molecule has 0 heterocycles. The van der Waals surface area contributed by atoms with Crippen LogP contribution in [-0.2, 0) is 9.63 Å². The highest BCUT2D eigenvalue weighted by molar-refractivity contribution is 5.80. The van der Waals surface area contributed by atoms with Gasteiger partial charge in [-0.3, -0.25) is 0 Å². The lowest BCUT2D eigenvalue weighted by molar-refractivity contribution is -0.154. The van der Waals surface area contributed by atoms with Crippen molar-refractivity contribution in [1.82, 2.24) is 0 Å². The zero-order valence-corrected chi connectivity index (χ0v) is 7.47. The summed E-state index contributed by atoms with van der Waals surface area (Å²) < 4.78 is 0. The van der Waals surface area contributed by atoms with E-state index in [0.717, 1.165) is 0 Å². The van der Waals surface area contributed by atoms with Crippen molar-refractivity contribution in [3.8, 4) is 0 Å². The summed E-state index contributed by atoms with van der Waals surface area (Å²) in [5.74, 6) is 4.13. The smallest absolute Gasteiger partial charge is 0.344 e. The van der Waals surface area contributed by atoms with Crippen LogP contribution >= 0.6 is 0 Å². The predicted octanol–water partition coefficient (Wildman–Crippen LogP) is 0.167. The molecule has 0 spiro atoms. The molecule has 0 radical (unpaired) electrons. The Morgan fingerprint density at radius 3 is 1.73 bits per heavy atom. The van der Waals surface area contributed by atoms with Crippen molar-refractivity contribution < 1.29 is 9.63 Å². The quantitative estimate of drug-likeness (QED) is 0.536. The second-order valence-corrected chi connectivity index (χ2v) is 3.86. The molecule has 1 unspecified atom stereocenters. The summed E-state index contributed by atoms with van der Waals surface area (Å²) in [5.41, 5.74) is 4.30.